The Morgan fingerprint density at radius 1 is 1.07 bits per heavy atom. The maximum atomic E-state index is 5.67. The number of hydrogen-bond acceptors (Lipinski definition) is 2. The second-order valence-electron chi connectivity index (χ2n) is 3.79. The van der Waals surface area contributed by atoms with E-state index in [4.69, 9.17) is 5.73 Å². The van der Waals surface area contributed by atoms with Crippen LogP contribution in [-0.4, -0.2) is 4.98 Å². The molecule has 2 heteroatoms. The van der Waals surface area contributed by atoms with E-state index in [2.05, 4.69) is 36.2 Å². The van der Waals surface area contributed by atoms with E-state index in [1.54, 1.807) is 6.20 Å². The molecule has 0 aliphatic carbocycles. The summed E-state index contributed by atoms with van der Waals surface area (Å²) in [5.41, 5.74) is 10.1. The van der Waals surface area contributed by atoms with Crippen LogP contribution in [0.5, 0.6) is 0 Å². The summed E-state index contributed by atoms with van der Waals surface area (Å²) in [5, 5.41) is 0. The molecular formula is C13H14N2. The van der Waals surface area contributed by atoms with E-state index in [0.717, 1.165) is 17.7 Å². The van der Waals surface area contributed by atoms with E-state index in [-0.39, 0.29) is 0 Å². The Morgan fingerprint density at radius 3 is 2.47 bits per heavy atom. The lowest BCUT2D eigenvalue weighted by Crippen LogP contribution is -1.92. The van der Waals surface area contributed by atoms with Gasteiger partial charge in [-0.2, -0.15) is 0 Å². The molecule has 1 aromatic heterocycles. The molecule has 2 aromatic rings. The highest BCUT2D eigenvalue weighted by Gasteiger charge is 1.97. The van der Waals surface area contributed by atoms with Gasteiger partial charge in [-0.1, -0.05) is 29.8 Å². The van der Waals surface area contributed by atoms with Crippen LogP contribution in [0.3, 0.4) is 0 Å². The van der Waals surface area contributed by atoms with Crippen molar-refractivity contribution in [3.8, 4) is 0 Å². The third kappa shape index (κ3) is 2.56. The van der Waals surface area contributed by atoms with Crippen molar-refractivity contribution in [3.05, 3.63) is 59.4 Å². The highest BCUT2D eigenvalue weighted by atomic mass is 14.7. The predicted octanol–water partition coefficient (Wildman–Crippen LogP) is 2.56. The summed E-state index contributed by atoms with van der Waals surface area (Å²) in [6.07, 6.45) is 4.41. The van der Waals surface area contributed by atoms with E-state index in [0.29, 0.717) is 0 Å². The first-order chi connectivity index (χ1) is 7.24. The molecule has 0 spiro atoms. The molecule has 0 saturated carbocycles. The van der Waals surface area contributed by atoms with Gasteiger partial charge >= 0.3 is 0 Å². The summed E-state index contributed by atoms with van der Waals surface area (Å²) in [5.74, 6) is 0. The number of aryl methyl sites for hydroxylation is 1. The van der Waals surface area contributed by atoms with Gasteiger partial charge in [0.05, 0.1) is 5.69 Å². The minimum atomic E-state index is 0.722. The Morgan fingerprint density at radius 2 is 1.80 bits per heavy atom. The van der Waals surface area contributed by atoms with Crippen molar-refractivity contribution >= 4 is 5.69 Å². The Labute approximate surface area is 89.8 Å². The molecule has 2 rings (SSSR count). The van der Waals surface area contributed by atoms with Crippen molar-refractivity contribution in [1.82, 2.24) is 4.98 Å². The Bertz CT molecular complexity index is 446. The quantitative estimate of drug-likeness (QED) is 0.805. The number of hydrogen-bond donors (Lipinski definition) is 1. The Hall–Kier alpha value is -1.83. The standard InChI is InChI=1S/C13H14N2/c1-10-2-4-11(5-3-10)6-12-7-13(14)9-15-8-12/h2-5,7-9H,6,14H2,1H3. The first-order valence-electron chi connectivity index (χ1n) is 4.99. The molecule has 76 valence electrons. The lowest BCUT2D eigenvalue weighted by Gasteiger charge is -2.02. The summed E-state index contributed by atoms with van der Waals surface area (Å²) >= 11 is 0. The van der Waals surface area contributed by atoms with Crippen LogP contribution < -0.4 is 5.73 Å². The van der Waals surface area contributed by atoms with Crippen molar-refractivity contribution in [2.45, 2.75) is 13.3 Å². The monoisotopic (exact) mass is 198 g/mol. The SMILES string of the molecule is Cc1ccc(Cc2cncc(N)c2)cc1. The average molecular weight is 198 g/mol. The van der Waals surface area contributed by atoms with Crippen LogP contribution in [0.25, 0.3) is 0 Å². The third-order valence-corrected chi connectivity index (χ3v) is 2.34. The minimum absolute atomic E-state index is 0.722. The van der Waals surface area contributed by atoms with Gasteiger partial charge in [0.1, 0.15) is 0 Å². The number of rotatable bonds is 2. The van der Waals surface area contributed by atoms with Gasteiger partial charge in [0, 0.05) is 12.4 Å². The highest BCUT2D eigenvalue weighted by Crippen LogP contribution is 2.11. The highest BCUT2D eigenvalue weighted by molar-refractivity contribution is 5.39. The first-order valence-corrected chi connectivity index (χ1v) is 4.99. The number of aromatic nitrogens is 1. The van der Waals surface area contributed by atoms with Gasteiger partial charge in [-0.25, -0.2) is 0 Å². The van der Waals surface area contributed by atoms with Gasteiger partial charge in [0.15, 0.2) is 0 Å². The summed E-state index contributed by atoms with van der Waals surface area (Å²) in [6.45, 7) is 2.09. The molecule has 1 aromatic carbocycles. The molecule has 0 aliphatic heterocycles. The molecule has 0 fully saturated rings. The fourth-order valence-electron chi connectivity index (χ4n) is 1.55. The van der Waals surface area contributed by atoms with Gasteiger partial charge in [0.2, 0.25) is 0 Å². The number of nitrogen functional groups attached to an aromatic ring is 1. The van der Waals surface area contributed by atoms with E-state index in [9.17, 15) is 0 Å². The minimum Gasteiger partial charge on any atom is -0.397 e. The van der Waals surface area contributed by atoms with Gasteiger partial charge in [-0.15, -0.1) is 0 Å². The van der Waals surface area contributed by atoms with Crippen molar-refractivity contribution in [3.63, 3.8) is 0 Å². The van der Waals surface area contributed by atoms with Gasteiger partial charge < -0.3 is 5.73 Å². The topological polar surface area (TPSA) is 38.9 Å². The first kappa shape index (κ1) is 9.71. The average Bonchev–Trinajstić information content (AvgIpc) is 2.22. The normalized spacial score (nSPS) is 10.2. The zero-order chi connectivity index (χ0) is 10.7. The molecule has 0 saturated heterocycles. The largest absolute Gasteiger partial charge is 0.397 e. The van der Waals surface area contributed by atoms with Crippen LogP contribution in [0.2, 0.25) is 0 Å². The van der Waals surface area contributed by atoms with Crippen LogP contribution in [0, 0.1) is 6.92 Å². The summed E-state index contributed by atoms with van der Waals surface area (Å²) in [7, 11) is 0. The molecule has 0 atom stereocenters. The molecule has 2 N–H and O–H groups in total. The van der Waals surface area contributed by atoms with Crippen LogP contribution in [-0.2, 0) is 6.42 Å². The molecule has 0 aliphatic rings. The number of nitrogens with zero attached hydrogens (tertiary/aromatic N) is 1. The van der Waals surface area contributed by atoms with E-state index in [1.165, 1.54) is 11.1 Å². The summed E-state index contributed by atoms with van der Waals surface area (Å²) in [6, 6.07) is 10.5. The molecule has 0 amide bonds. The van der Waals surface area contributed by atoms with Crippen molar-refractivity contribution in [2.24, 2.45) is 0 Å². The van der Waals surface area contributed by atoms with Crippen molar-refractivity contribution in [1.29, 1.82) is 0 Å². The lowest BCUT2D eigenvalue weighted by molar-refractivity contribution is 1.14. The van der Waals surface area contributed by atoms with Crippen LogP contribution in [0.4, 0.5) is 5.69 Å². The number of pyridine rings is 1. The van der Waals surface area contributed by atoms with Crippen LogP contribution >= 0.6 is 0 Å². The number of anilines is 1. The molecule has 2 nitrogen and oxygen atoms in total. The lowest BCUT2D eigenvalue weighted by atomic mass is 10.1. The maximum absolute atomic E-state index is 5.67. The Kier molecular flexibility index (Phi) is 2.68. The maximum Gasteiger partial charge on any atom is 0.0503 e. The second-order valence-corrected chi connectivity index (χ2v) is 3.79. The molecule has 0 radical (unpaired) electrons. The van der Waals surface area contributed by atoms with Crippen LogP contribution in [0.1, 0.15) is 16.7 Å². The fourth-order valence-corrected chi connectivity index (χ4v) is 1.55. The van der Waals surface area contributed by atoms with Gasteiger partial charge in [-0.05, 0) is 30.5 Å². The zero-order valence-electron chi connectivity index (χ0n) is 8.77. The van der Waals surface area contributed by atoms with E-state index < -0.39 is 0 Å². The van der Waals surface area contributed by atoms with E-state index in [1.807, 2.05) is 12.3 Å². The Balaban J connectivity index is 2.18. The number of nitrogens with two attached hydrogens (primary N) is 1. The van der Waals surface area contributed by atoms with Gasteiger partial charge in [0.25, 0.3) is 0 Å². The predicted molar refractivity (Wildman–Crippen MR) is 62.6 cm³/mol. The fraction of sp³-hybridized carbons (Fsp3) is 0.154. The second kappa shape index (κ2) is 4.13. The smallest absolute Gasteiger partial charge is 0.0503 e. The zero-order valence-corrected chi connectivity index (χ0v) is 8.77. The number of benzene rings is 1. The summed E-state index contributed by atoms with van der Waals surface area (Å²) in [4.78, 5) is 4.07. The van der Waals surface area contributed by atoms with Gasteiger partial charge in [-0.3, -0.25) is 4.98 Å². The molecule has 15 heavy (non-hydrogen) atoms. The van der Waals surface area contributed by atoms with E-state index >= 15 is 0 Å². The molecule has 1 heterocycles. The third-order valence-electron chi connectivity index (χ3n) is 2.34. The molecule has 0 unspecified atom stereocenters. The van der Waals surface area contributed by atoms with Crippen molar-refractivity contribution in [2.75, 3.05) is 5.73 Å². The summed E-state index contributed by atoms with van der Waals surface area (Å²) < 4.78 is 0. The van der Waals surface area contributed by atoms with Crippen molar-refractivity contribution < 1.29 is 0 Å². The van der Waals surface area contributed by atoms with Crippen LogP contribution in [0.15, 0.2) is 42.7 Å². The molecule has 0 bridgehead atoms. The molecular weight excluding hydrogens is 184 g/mol.